The lowest BCUT2D eigenvalue weighted by Crippen LogP contribution is -2.20. The number of hydrogen-bond acceptors (Lipinski definition) is 6. The van der Waals surface area contributed by atoms with Gasteiger partial charge in [-0.25, -0.2) is 4.79 Å². The van der Waals surface area contributed by atoms with Crippen LogP contribution in [0.1, 0.15) is 41.9 Å². The molecule has 27 heavy (non-hydrogen) atoms. The molecule has 1 N–H and O–H groups in total. The maximum atomic E-state index is 12.0. The zero-order valence-corrected chi connectivity index (χ0v) is 17.3. The first-order chi connectivity index (χ1) is 12.9. The molecule has 0 aliphatic rings. The lowest BCUT2D eigenvalue weighted by Gasteiger charge is -2.08. The normalized spacial score (nSPS) is 9.67. The summed E-state index contributed by atoms with van der Waals surface area (Å²) in [4.78, 5) is 24.5. The number of aryl methyl sites for hydroxylation is 1. The Hall–Kier alpha value is -2.54. The van der Waals surface area contributed by atoms with Gasteiger partial charge in [-0.15, -0.1) is 11.3 Å². The van der Waals surface area contributed by atoms with Gasteiger partial charge in [-0.05, 0) is 37.3 Å². The summed E-state index contributed by atoms with van der Waals surface area (Å²) < 4.78 is 15.1. The molecule has 1 amide bonds. The number of esters is 1. The molecule has 0 atom stereocenters. The number of carbonyl (C=O) groups excluding carboxylic acids is 2. The molecule has 7 heteroatoms. The van der Waals surface area contributed by atoms with E-state index in [2.05, 4.69) is 19.2 Å². The minimum Gasteiger partial charge on any atom is -0.497 e. The van der Waals surface area contributed by atoms with Crippen LogP contribution < -0.4 is 14.8 Å². The summed E-state index contributed by atoms with van der Waals surface area (Å²) in [5.41, 5.74) is 0.341. The largest absolute Gasteiger partial charge is 0.497 e. The lowest BCUT2D eigenvalue weighted by molar-refractivity contribution is -0.118. The highest BCUT2D eigenvalue weighted by Gasteiger charge is 2.17. The Labute approximate surface area is 164 Å². The second-order valence-electron chi connectivity index (χ2n) is 5.60. The van der Waals surface area contributed by atoms with Gasteiger partial charge < -0.3 is 19.5 Å². The van der Waals surface area contributed by atoms with Crippen LogP contribution in [-0.2, 0) is 9.53 Å². The van der Waals surface area contributed by atoms with Crippen molar-refractivity contribution in [2.45, 2.75) is 33.6 Å². The van der Waals surface area contributed by atoms with Gasteiger partial charge >= 0.3 is 5.97 Å². The van der Waals surface area contributed by atoms with Crippen LogP contribution in [0.15, 0.2) is 30.3 Å². The molecule has 0 bridgehead atoms. The van der Waals surface area contributed by atoms with Crippen molar-refractivity contribution in [1.82, 2.24) is 0 Å². The van der Waals surface area contributed by atoms with E-state index in [0.29, 0.717) is 22.1 Å². The molecule has 2 aromatic rings. The van der Waals surface area contributed by atoms with E-state index in [1.54, 1.807) is 37.4 Å². The molecule has 6 nitrogen and oxygen atoms in total. The standard InChI is InChI=1S/C16H17NO5S.C4H10/c1-10-8-13(16(19)21-3)15(23-10)17-14(18)9-22-12-6-4-11(20-2)5-7-12;1-3-4-2/h4-8H,9H2,1-3H3,(H,17,18);3-4H2,1-2H3. The fourth-order valence-electron chi connectivity index (χ4n) is 1.85. The molecule has 0 saturated carbocycles. The van der Waals surface area contributed by atoms with E-state index in [1.807, 2.05) is 6.92 Å². The quantitative estimate of drug-likeness (QED) is 0.692. The van der Waals surface area contributed by atoms with Crippen LogP contribution >= 0.6 is 11.3 Å². The smallest absolute Gasteiger partial charge is 0.340 e. The molecule has 0 fully saturated rings. The minimum atomic E-state index is -0.485. The maximum absolute atomic E-state index is 12.0. The summed E-state index contributed by atoms with van der Waals surface area (Å²) in [6.45, 7) is 6.05. The Balaban J connectivity index is 0.000000828. The number of thiophene rings is 1. The molecule has 0 aliphatic heterocycles. The third-order valence-corrected chi connectivity index (χ3v) is 4.41. The molecular formula is C20H27NO5S. The van der Waals surface area contributed by atoms with Crippen LogP contribution in [0.5, 0.6) is 11.5 Å². The first kappa shape index (κ1) is 22.5. The van der Waals surface area contributed by atoms with Gasteiger partial charge in [-0.1, -0.05) is 26.7 Å². The summed E-state index contributed by atoms with van der Waals surface area (Å²) >= 11 is 1.31. The first-order valence-corrected chi connectivity index (χ1v) is 9.52. The van der Waals surface area contributed by atoms with Crippen LogP contribution in [0.2, 0.25) is 0 Å². The van der Waals surface area contributed by atoms with E-state index < -0.39 is 5.97 Å². The van der Waals surface area contributed by atoms with Crippen LogP contribution in [0.3, 0.4) is 0 Å². The highest BCUT2D eigenvalue weighted by atomic mass is 32.1. The average Bonchev–Trinajstić information content (AvgIpc) is 3.06. The fraction of sp³-hybridized carbons (Fsp3) is 0.400. The van der Waals surface area contributed by atoms with E-state index in [1.165, 1.54) is 31.3 Å². The van der Waals surface area contributed by atoms with Crippen molar-refractivity contribution < 1.29 is 23.8 Å². The first-order valence-electron chi connectivity index (χ1n) is 8.70. The number of rotatable bonds is 7. The molecule has 1 aromatic heterocycles. The number of nitrogens with one attached hydrogen (secondary N) is 1. The van der Waals surface area contributed by atoms with Crippen molar-refractivity contribution in [3.63, 3.8) is 0 Å². The van der Waals surface area contributed by atoms with Gasteiger partial charge in [0.25, 0.3) is 5.91 Å². The molecule has 0 saturated heterocycles. The molecule has 0 spiro atoms. The predicted molar refractivity (Wildman–Crippen MR) is 108 cm³/mol. The van der Waals surface area contributed by atoms with Crippen LogP contribution in [0.4, 0.5) is 5.00 Å². The van der Waals surface area contributed by atoms with Crippen molar-refractivity contribution >= 4 is 28.2 Å². The maximum Gasteiger partial charge on any atom is 0.340 e. The number of benzene rings is 1. The van der Waals surface area contributed by atoms with Gasteiger partial charge in [0.1, 0.15) is 16.5 Å². The summed E-state index contributed by atoms with van der Waals surface area (Å²) in [5.74, 6) is 0.420. The molecule has 2 rings (SSSR count). The second kappa shape index (κ2) is 12.0. The predicted octanol–water partition coefficient (Wildman–Crippen LogP) is 4.68. The fourth-order valence-corrected chi connectivity index (χ4v) is 2.77. The number of hydrogen-bond donors (Lipinski definition) is 1. The van der Waals surface area contributed by atoms with E-state index in [9.17, 15) is 9.59 Å². The molecule has 0 radical (unpaired) electrons. The molecule has 0 aliphatic carbocycles. The Morgan fingerprint density at radius 3 is 2.15 bits per heavy atom. The van der Waals surface area contributed by atoms with Gasteiger partial charge in [0.05, 0.1) is 19.8 Å². The third kappa shape index (κ3) is 7.70. The Morgan fingerprint density at radius 2 is 1.63 bits per heavy atom. The Morgan fingerprint density at radius 1 is 1.04 bits per heavy atom. The average molecular weight is 394 g/mol. The van der Waals surface area contributed by atoms with E-state index >= 15 is 0 Å². The van der Waals surface area contributed by atoms with Gasteiger partial charge in [-0.2, -0.15) is 0 Å². The van der Waals surface area contributed by atoms with Crippen molar-refractivity contribution in [2.24, 2.45) is 0 Å². The number of unbranched alkanes of at least 4 members (excludes halogenated alkanes) is 1. The number of amides is 1. The van der Waals surface area contributed by atoms with Gasteiger partial charge in [-0.3, -0.25) is 4.79 Å². The van der Waals surface area contributed by atoms with Crippen LogP contribution in [-0.4, -0.2) is 32.7 Å². The number of anilines is 1. The van der Waals surface area contributed by atoms with Crippen LogP contribution in [0.25, 0.3) is 0 Å². The molecule has 148 valence electrons. The van der Waals surface area contributed by atoms with Crippen molar-refractivity contribution in [2.75, 3.05) is 26.1 Å². The molecule has 0 unspecified atom stereocenters. The number of ether oxygens (including phenoxy) is 3. The van der Waals surface area contributed by atoms with E-state index in [0.717, 1.165) is 4.88 Å². The SMILES string of the molecule is CCCC.COC(=O)c1cc(C)sc1NC(=O)COc1ccc(OC)cc1. The highest BCUT2D eigenvalue weighted by molar-refractivity contribution is 7.16. The van der Waals surface area contributed by atoms with Crippen molar-refractivity contribution in [3.8, 4) is 11.5 Å². The van der Waals surface area contributed by atoms with Gasteiger partial charge in [0, 0.05) is 4.88 Å². The Kier molecular flexibility index (Phi) is 9.96. The topological polar surface area (TPSA) is 73.9 Å². The zero-order chi connectivity index (χ0) is 20.2. The summed E-state index contributed by atoms with van der Waals surface area (Å²) in [5, 5.41) is 3.12. The molecular weight excluding hydrogens is 366 g/mol. The number of carbonyl (C=O) groups is 2. The second-order valence-corrected chi connectivity index (χ2v) is 6.86. The summed E-state index contributed by atoms with van der Waals surface area (Å²) in [6, 6.07) is 8.58. The molecule has 1 heterocycles. The molecule has 1 aromatic carbocycles. The highest BCUT2D eigenvalue weighted by Crippen LogP contribution is 2.28. The summed E-state index contributed by atoms with van der Waals surface area (Å²) in [7, 11) is 2.87. The van der Waals surface area contributed by atoms with Gasteiger partial charge in [0.15, 0.2) is 6.61 Å². The number of methoxy groups -OCH3 is 2. The van der Waals surface area contributed by atoms with Crippen LogP contribution in [0, 0.1) is 6.92 Å². The van der Waals surface area contributed by atoms with E-state index in [-0.39, 0.29) is 12.5 Å². The Bertz CT molecular complexity index is 722. The zero-order valence-electron chi connectivity index (χ0n) is 16.5. The monoisotopic (exact) mass is 393 g/mol. The van der Waals surface area contributed by atoms with Gasteiger partial charge in [0.2, 0.25) is 0 Å². The summed E-state index contributed by atoms with van der Waals surface area (Å²) in [6.07, 6.45) is 2.64. The van der Waals surface area contributed by atoms with E-state index in [4.69, 9.17) is 14.2 Å². The minimum absolute atomic E-state index is 0.163. The van der Waals surface area contributed by atoms with Crippen molar-refractivity contribution in [1.29, 1.82) is 0 Å². The lowest BCUT2D eigenvalue weighted by atomic mass is 10.3. The third-order valence-electron chi connectivity index (χ3n) is 3.44. The van der Waals surface area contributed by atoms with Crippen molar-refractivity contribution in [3.05, 3.63) is 40.8 Å².